The van der Waals surface area contributed by atoms with E-state index in [1.807, 2.05) is 30.3 Å². The normalized spacial score (nSPS) is 13.5. The fourth-order valence-corrected chi connectivity index (χ4v) is 2.07. The number of benzene rings is 1. The summed E-state index contributed by atoms with van der Waals surface area (Å²) in [4.78, 5) is 11.7. The molecule has 0 atom stereocenters. The number of carbonyl (C=O) groups excluding carboxylic acids is 1. The third-order valence-electron chi connectivity index (χ3n) is 3.40. The molecule has 1 saturated carbocycles. The van der Waals surface area contributed by atoms with E-state index in [2.05, 4.69) is 20.8 Å². The van der Waals surface area contributed by atoms with Gasteiger partial charge in [-0.05, 0) is 49.1 Å². The van der Waals surface area contributed by atoms with Gasteiger partial charge in [-0.25, -0.2) is 0 Å². The van der Waals surface area contributed by atoms with Crippen molar-refractivity contribution in [3.8, 4) is 11.3 Å². The van der Waals surface area contributed by atoms with Crippen molar-refractivity contribution in [1.82, 2.24) is 15.5 Å². The Kier molecular flexibility index (Phi) is 5.36. The molecule has 1 aromatic heterocycles. The van der Waals surface area contributed by atoms with Crippen LogP contribution >= 0.6 is 12.4 Å². The van der Waals surface area contributed by atoms with E-state index in [1.54, 1.807) is 6.20 Å². The number of halogens is 1. The molecule has 0 aliphatic heterocycles. The highest BCUT2D eigenvalue weighted by Gasteiger charge is 2.20. The van der Waals surface area contributed by atoms with Crippen molar-refractivity contribution in [2.24, 2.45) is 5.92 Å². The van der Waals surface area contributed by atoms with E-state index in [-0.39, 0.29) is 18.3 Å². The Morgan fingerprint density at radius 1 is 1.24 bits per heavy atom. The first-order valence-corrected chi connectivity index (χ1v) is 6.91. The molecule has 1 aliphatic carbocycles. The van der Waals surface area contributed by atoms with Gasteiger partial charge in [-0.1, -0.05) is 12.1 Å². The smallest absolute Gasteiger partial charge is 0.238 e. The van der Waals surface area contributed by atoms with Gasteiger partial charge in [0.25, 0.3) is 0 Å². The summed E-state index contributed by atoms with van der Waals surface area (Å²) in [6, 6.07) is 9.63. The number of carbonyl (C=O) groups is 1. The van der Waals surface area contributed by atoms with Crippen LogP contribution in [0.1, 0.15) is 12.8 Å². The molecular formula is C15H19ClN4O. The van der Waals surface area contributed by atoms with Crippen LogP contribution in [0.25, 0.3) is 11.3 Å². The Bertz CT molecular complexity index is 564. The predicted molar refractivity (Wildman–Crippen MR) is 85.5 cm³/mol. The maximum atomic E-state index is 11.7. The third-order valence-corrected chi connectivity index (χ3v) is 3.40. The fraction of sp³-hybridized carbons (Fsp3) is 0.333. The molecule has 2 aromatic rings. The summed E-state index contributed by atoms with van der Waals surface area (Å²) in [6.07, 6.45) is 4.31. The highest BCUT2D eigenvalue weighted by Crippen LogP contribution is 2.27. The fourth-order valence-electron chi connectivity index (χ4n) is 2.07. The zero-order valence-electron chi connectivity index (χ0n) is 11.6. The van der Waals surface area contributed by atoms with Gasteiger partial charge in [0.05, 0.1) is 12.2 Å². The molecule has 112 valence electrons. The summed E-state index contributed by atoms with van der Waals surface area (Å²) in [5, 5.41) is 12.9. The maximum absolute atomic E-state index is 11.7. The number of rotatable bonds is 6. The molecule has 1 aromatic carbocycles. The van der Waals surface area contributed by atoms with E-state index < -0.39 is 0 Å². The Labute approximate surface area is 129 Å². The molecule has 0 bridgehead atoms. The molecule has 0 spiro atoms. The molecule has 5 nitrogen and oxygen atoms in total. The van der Waals surface area contributed by atoms with Crippen molar-refractivity contribution in [2.45, 2.75) is 12.8 Å². The van der Waals surface area contributed by atoms with Gasteiger partial charge in [0, 0.05) is 11.9 Å². The lowest BCUT2D eigenvalue weighted by molar-refractivity contribution is -0.115. The standard InChI is InChI=1S/C15H18N4O.ClH/c20-15(10-16-9-11-1-2-11)18-13-5-3-12(4-6-13)14-7-8-17-19-14;/h3-8,11,16H,1-2,9-10H2,(H,17,19)(H,18,20);1H. The first kappa shape index (κ1) is 15.5. The average Bonchev–Trinajstić information content (AvgIpc) is 3.11. The van der Waals surface area contributed by atoms with Gasteiger partial charge in [-0.2, -0.15) is 5.10 Å². The number of H-pyrrole nitrogens is 1. The molecule has 0 unspecified atom stereocenters. The summed E-state index contributed by atoms with van der Waals surface area (Å²) in [6.45, 7) is 1.32. The molecule has 3 rings (SSSR count). The van der Waals surface area contributed by atoms with Crippen LogP contribution < -0.4 is 10.6 Å². The SMILES string of the molecule is Cl.O=C(CNCC1CC1)Nc1ccc(-c2ccn[nH]2)cc1. The second kappa shape index (κ2) is 7.24. The highest BCUT2D eigenvalue weighted by molar-refractivity contribution is 5.92. The molecule has 1 aliphatic rings. The minimum atomic E-state index is -0.0000553. The van der Waals surface area contributed by atoms with Crippen LogP contribution in [0.3, 0.4) is 0 Å². The number of aromatic amines is 1. The molecule has 1 amide bonds. The Morgan fingerprint density at radius 2 is 2.00 bits per heavy atom. The Morgan fingerprint density at radius 3 is 2.62 bits per heavy atom. The average molecular weight is 307 g/mol. The molecule has 21 heavy (non-hydrogen) atoms. The first-order chi connectivity index (χ1) is 9.81. The number of nitrogens with one attached hydrogen (secondary N) is 3. The van der Waals surface area contributed by atoms with E-state index in [9.17, 15) is 4.79 Å². The van der Waals surface area contributed by atoms with Crippen LogP contribution in [0, 0.1) is 5.92 Å². The molecule has 0 radical (unpaired) electrons. The second-order valence-corrected chi connectivity index (χ2v) is 5.17. The van der Waals surface area contributed by atoms with E-state index in [0.717, 1.165) is 29.4 Å². The first-order valence-electron chi connectivity index (χ1n) is 6.91. The van der Waals surface area contributed by atoms with Crippen molar-refractivity contribution in [1.29, 1.82) is 0 Å². The van der Waals surface area contributed by atoms with Gasteiger partial charge in [0.15, 0.2) is 0 Å². The van der Waals surface area contributed by atoms with Crippen molar-refractivity contribution >= 4 is 24.0 Å². The summed E-state index contributed by atoms with van der Waals surface area (Å²) in [5.74, 6) is 0.788. The molecular weight excluding hydrogens is 288 g/mol. The summed E-state index contributed by atoms with van der Waals surface area (Å²) in [5.41, 5.74) is 2.83. The quantitative estimate of drug-likeness (QED) is 0.767. The Hall–Kier alpha value is -1.85. The molecule has 0 saturated heterocycles. The number of anilines is 1. The zero-order chi connectivity index (χ0) is 13.8. The maximum Gasteiger partial charge on any atom is 0.238 e. The lowest BCUT2D eigenvalue weighted by Gasteiger charge is -2.07. The lowest BCUT2D eigenvalue weighted by Crippen LogP contribution is -2.29. The van der Waals surface area contributed by atoms with Crippen LogP contribution in [-0.4, -0.2) is 29.2 Å². The topological polar surface area (TPSA) is 69.8 Å². The highest BCUT2D eigenvalue weighted by atomic mass is 35.5. The largest absolute Gasteiger partial charge is 0.325 e. The molecule has 6 heteroatoms. The number of amides is 1. The zero-order valence-corrected chi connectivity index (χ0v) is 12.5. The Balaban J connectivity index is 0.00000161. The van der Waals surface area contributed by atoms with Gasteiger partial charge >= 0.3 is 0 Å². The van der Waals surface area contributed by atoms with Gasteiger partial charge in [-0.3, -0.25) is 9.89 Å². The molecule has 1 fully saturated rings. The third kappa shape index (κ3) is 4.58. The van der Waals surface area contributed by atoms with Crippen molar-refractivity contribution in [3.63, 3.8) is 0 Å². The van der Waals surface area contributed by atoms with Gasteiger partial charge in [0.1, 0.15) is 0 Å². The van der Waals surface area contributed by atoms with Crippen LogP contribution in [0.2, 0.25) is 0 Å². The number of hydrogen-bond acceptors (Lipinski definition) is 3. The monoisotopic (exact) mass is 306 g/mol. The van der Waals surface area contributed by atoms with Crippen LogP contribution in [0.15, 0.2) is 36.5 Å². The number of hydrogen-bond donors (Lipinski definition) is 3. The van der Waals surface area contributed by atoms with Gasteiger partial charge < -0.3 is 10.6 Å². The van der Waals surface area contributed by atoms with Crippen molar-refractivity contribution in [2.75, 3.05) is 18.4 Å². The van der Waals surface area contributed by atoms with Crippen molar-refractivity contribution in [3.05, 3.63) is 36.5 Å². The second-order valence-electron chi connectivity index (χ2n) is 5.17. The van der Waals surface area contributed by atoms with E-state index >= 15 is 0 Å². The minimum absolute atomic E-state index is 0. The number of nitrogens with zero attached hydrogens (tertiary/aromatic N) is 1. The summed E-state index contributed by atoms with van der Waals surface area (Å²) >= 11 is 0. The van der Waals surface area contributed by atoms with Gasteiger partial charge in [-0.15, -0.1) is 12.4 Å². The van der Waals surface area contributed by atoms with Crippen LogP contribution in [0.4, 0.5) is 5.69 Å². The van der Waals surface area contributed by atoms with Crippen LogP contribution in [0.5, 0.6) is 0 Å². The van der Waals surface area contributed by atoms with Gasteiger partial charge in [0.2, 0.25) is 5.91 Å². The van der Waals surface area contributed by atoms with Crippen LogP contribution in [-0.2, 0) is 4.79 Å². The molecule has 1 heterocycles. The van der Waals surface area contributed by atoms with E-state index in [4.69, 9.17) is 0 Å². The van der Waals surface area contributed by atoms with E-state index in [0.29, 0.717) is 6.54 Å². The summed E-state index contributed by atoms with van der Waals surface area (Å²) < 4.78 is 0. The van der Waals surface area contributed by atoms with Crippen molar-refractivity contribution < 1.29 is 4.79 Å². The lowest BCUT2D eigenvalue weighted by atomic mass is 10.1. The van der Waals surface area contributed by atoms with E-state index in [1.165, 1.54) is 12.8 Å². The molecule has 3 N–H and O–H groups in total. The number of aromatic nitrogens is 2. The predicted octanol–water partition coefficient (Wildman–Crippen LogP) is 2.44. The summed E-state index contributed by atoms with van der Waals surface area (Å²) in [7, 11) is 0. The minimum Gasteiger partial charge on any atom is -0.325 e.